The molecule has 2 nitrogen and oxygen atoms in total. The van der Waals surface area contributed by atoms with Gasteiger partial charge in [0.05, 0.1) is 0 Å². The SMILES string of the molecule is Cc1ccc(-c2ccc(C)cc2)cc1.Cc1ccc(C(=O)c2ccc(C)cc2)cc1.Cc1ccc(C(C)(c2ccc(C)cc2)C(F)(F)F)cc1.Cc1ccc(Oc2ccc(C)cc2)cc1. The van der Waals surface area contributed by atoms with Crippen molar-refractivity contribution in [3.8, 4) is 22.6 Å². The fourth-order valence-electron chi connectivity index (χ4n) is 6.69. The van der Waals surface area contributed by atoms with Crippen LogP contribution in [0.2, 0.25) is 0 Å². The van der Waals surface area contributed by atoms with Gasteiger partial charge in [0.25, 0.3) is 0 Å². The third-order valence-corrected chi connectivity index (χ3v) is 11.2. The maximum atomic E-state index is 13.7. The molecule has 0 saturated carbocycles. The number of ether oxygens (including phenoxy) is 1. The highest BCUT2D eigenvalue weighted by Gasteiger charge is 2.53. The summed E-state index contributed by atoms with van der Waals surface area (Å²) in [6.07, 6.45) is -4.35. The summed E-state index contributed by atoms with van der Waals surface area (Å²) in [4.78, 5) is 12.1. The van der Waals surface area contributed by atoms with E-state index in [0.717, 1.165) is 33.8 Å². The van der Waals surface area contributed by atoms with Crippen LogP contribution in [0.4, 0.5) is 13.2 Å². The van der Waals surface area contributed by atoms with E-state index in [1.807, 2.05) is 125 Å². The van der Waals surface area contributed by atoms with Crippen molar-refractivity contribution in [2.24, 2.45) is 0 Å². The number of halogens is 3. The van der Waals surface area contributed by atoms with E-state index in [-0.39, 0.29) is 16.9 Å². The van der Waals surface area contributed by atoms with Crippen LogP contribution < -0.4 is 4.74 Å². The van der Waals surface area contributed by atoms with Gasteiger partial charge in [0.2, 0.25) is 0 Å². The van der Waals surface area contributed by atoms with Crippen LogP contribution in [-0.4, -0.2) is 12.0 Å². The third kappa shape index (κ3) is 14.3. The molecule has 0 saturated heterocycles. The summed E-state index contributed by atoms with van der Waals surface area (Å²) in [6, 6.07) is 61.8. The van der Waals surface area contributed by atoms with Crippen molar-refractivity contribution in [2.45, 2.75) is 73.9 Å². The highest BCUT2D eigenvalue weighted by molar-refractivity contribution is 6.09. The maximum absolute atomic E-state index is 13.7. The lowest BCUT2D eigenvalue weighted by atomic mass is 9.75. The Hall–Kier alpha value is -6.98. The minimum Gasteiger partial charge on any atom is -0.457 e. The second-order valence-electron chi connectivity index (χ2n) is 16.9. The van der Waals surface area contributed by atoms with Gasteiger partial charge in [-0.3, -0.25) is 4.79 Å². The van der Waals surface area contributed by atoms with E-state index >= 15 is 0 Å². The van der Waals surface area contributed by atoms with Crippen molar-refractivity contribution in [1.29, 1.82) is 0 Å². The second kappa shape index (κ2) is 22.6. The van der Waals surface area contributed by atoms with E-state index in [9.17, 15) is 18.0 Å². The third-order valence-electron chi connectivity index (χ3n) is 11.2. The molecule has 8 aromatic carbocycles. The zero-order valence-electron chi connectivity index (χ0n) is 38.9. The first-order chi connectivity index (χ1) is 30.9. The van der Waals surface area contributed by atoms with E-state index in [4.69, 9.17) is 4.74 Å². The Morgan fingerprint density at radius 3 is 0.800 bits per heavy atom. The van der Waals surface area contributed by atoms with Gasteiger partial charge < -0.3 is 4.74 Å². The number of benzene rings is 8. The fraction of sp³-hybridized carbons (Fsp3) is 0.183. The quantitative estimate of drug-likeness (QED) is 0.149. The zero-order chi connectivity index (χ0) is 47.1. The van der Waals surface area contributed by atoms with Crippen LogP contribution in [0.5, 0.6) is 11.5 Å². The van der Waals surface area contributed by atoms with Gasteiger partial charge >= 0.3 is 6.18 Å². The molecular formula is C60H59F3O2. The molecule has 65 heavy (non-hydrogen) atoms. The van der Waals surface area contributed by atoms with Gasteiger partial charge in [0, 0.05) is 11.1 Å². The molecule has 0 aromatic heterocycles. The number of alkyl halides is 3. The number of rotatable bonds is 7. The van der Waals surface area contributed by atoms with Crippen LogP contribution in [0.1, 0.15) is 78.5 Å². The molecule has 0 spiro atoms. The Bertz CT molecular complexity index is 2500. The van der Waals surface area contributed by atoms with Gasteiger partial charge in [-0.2, -0.15) is 13.2 Å². The van der Waals surface area contributed by atoms with E-state index in [1.54, 1.807) is 48.5 Å². The van der Waals surface area contributed by atoms with Crippen LogP contribution in [0.25, 0.3) is 11.1 Å². The monoisotopic (exact) mass is 868 g/mol. The van der Waals surface area contributed by atoms with Gasteiger partial charge in [-0.05, 0) is 109 Å². The molecule has 5 heteroatoms. The molecule has 8 aromatic rings. The van der Waals surface area contributed by atoms with Crippen molar-refractivity contribution in [3.63, 3.8) is 0 Å². The summed E-state index contributed by atoms with van der Waals surface area (Å²) >= 11 is 0. The molecule has 332 valence electrons. The molecule has 0 aliphatic rings. The molecule has 0 atom stereocenters. The van der Waals surface area contributed by atoms with Crippen LogP contribution in [0.3, 0.4) is 0 Å². The van der Waals surface area contributed by atoms with Gasteiger partial charge in [0.1, 0.15) is 16.9 Å². The van der Waals surface area contributed by atoms with Gasteiger partial charge in [0.15, 0.2) is 5.78 Å². The van der Waals surface area contributed by atoms with Crippen LogP contribution >= 0.6 is 0 Å². The topological polar surface area (TPSA) is 26.3 Å². The number of carbonyl (C=O) groups excluding carboxylic acids is 1. The summed E-state index contributed by atoms with van der Waals surface area (Å²) in [7, 11) is 0. The number of ketones is 1. The van der Waals surface area contributed by atoms with E-state index < -0.39 is 11.6 Å². The number of hydrogen-bond donors (Lipinski definition) is 0. The van der Waals surface area contributed by atoms with Crippen LogP contribution in [0, 0.1) is 55.4 Å². The summed E-state index contributed by atoms with van der Waals surface area (Å²) in [5.74, 6) is 1.84. The lowest BCUT2D eigenvalue weighted by Gasteiger charge is -2.33. The smallest absolute Gasteiger partial charge is 0.402 e. The summed E-state index contributed by atoms with van der Waals surface area (Å²) < 4.78 is 46.7. The lowest BCUT2D eigenvalue weighted by molar-refractivity contribution is -0.173. The zero-order valence-corrected chi connectivity index (χ0v) is 38.9. The van der Waals surface area contributed by atoms with Crippen molar-refractivity contribution in [1.82, 2.24) is 0 Å². The lowest BCUT2D eigenvalue weighted by Crippen LogP contribution is -2.40. The van der Waals surface area contributed by atoms with Gasteiger partial charge in [-0.25, -0.2) is 0 Å². The Morgan fingerprint density at radius 1 is 0.338 bits per heavy atom. The van der Waals surface area contributed by atoms with Crippen molar-refractivity contribution >= 4 is 5.78 Å². The predicted molar refractivity (Wildman–Crippen MR) is 264 cm³/mol. The number of hydrogen-bond acceptors (Lipinski definition) is 2. The molecule has 0 amide bonds. The minimum absolute atomic E-state index is 0.0833. The normalized spacial score (nSPS) is 10.8. The maximum Gasteiger partial charge on any atom is 0.402 e. The average molecular weight is 869 g/mol. The highest BCUT2D eigenvalue weighted by atomic mass is 19.4. The van der Waals surface area contributed by atoms with Crippen LogP contribution in [-0.2, 0) is 5.41 Å². The van der Waals surface area contributed by atoms with E-state index in [1.165, 1.54) is 51.4 Å². The largest absolute Gasteiger partial charge is 0.457 e. The Morgan fingerprint density at radius 2 is 0.554 bits per heavy atom. The first kappa shape index (κ1) is 49.0. The van der Waals surface area contributed by atoms with Gasteiger partial charge in [-0.15, -0.1) is 0 Å². The van der Waals surface area contributed by atoms with Crippen molar-refractivity contribution in [2.75, 3.05) is 0 Å². The molecule has 0 N–H and O–H groups in total. The van der Waals surface area contributed by atoms with E-state index in [0.29, 0.717) is 0 Å². The summed E-state index contributed by atoms with van der Waals surface area (Å²) in [5.41, 5.74) is 11.9. The van der Waals surface area contributed by atoms with Crippen molar-refractivity contribution in [3.05, 3.63) is 261 Å². The second-order valence-corrected chi connectivity index (χ2v) is 16.9. The Labute approximate surface area is 384 Å². The van der Waals surface area contributed by atoms with E-state index in [2.05, 4.69) is 76.2 Å². The molecule has 0 aliphatic carbocycles. The first-order valence-corrected chi connectivity index (χ1v) is 21.8. The number of aryl methyl sites for hydroxylation is 8. The molecule has 0 bridgehead atoms. The Balaban J connectivity index is 0.000000164. The molecule has 0 heterocycles. The predicted octanol–water partition coefficient (Wildman–Crippen LogP) is 16.8. The fourth-order valence-corrected chi connectivity index (χ4v) is 6.69. The Kier molecular flexibility index (Phi) is 17.0. The standard InChI is InChI=1S/C17H17F3.C15H14O.C14H14O.C14H14/c1-12-4-8-14(9-5-12)16(3,17(18,19)20)15-10-6-13(2)7-11-15;1-11-3-7-13(8-4-11)15(16)14-9-5-12(2)6-10-14;1-11-3-7-13(8-4-11)15-14-9-5-12(2)6-10-14;1-11-3-7-13(8-4-11)14-9-5-12(2)6-10-14/h4-11H,1-3H3;3-10H,1-2H3;3-10H,1-2H3;3-10H,1-2H3. The molecule has 0 radical (unpaired) electrons. The highest BCUT2D eigenvalue weighted by Crippen LogP contribution is 2.46. The van der Waals surface area contributed by atoms with Crippen LogP contribution in [0.15, 0.2) is 194 Å². The average Bonchev–Trinajstić information content (AvgIpc) is 3.29. The summed E-state index contributed by atoms with van der Waals surface area (Å²) in [5, 5.41) is 0. The summed E-state index contributed by atoms with van der Waals surface area (Å²) in [6.45, 7) is 17.3. The van der Waals surface area contributed by atoms with Crippen molar-refractivity contribution < 1.29 is 22.7 Å². The molecule has 0 fully saturated rings. The molecule has 0 unspecified atom stereocenters. The molecule has 8 rings (SSSR count). The first-order valence-electron chi connectivity index (χ1n) is 21.8. The van der Waals surface area contributed by atoms with Gasteiger partial charge in [-0.1, -0.05) is 214 Å². The molecule has 0 aliphatic heterocycles. The minimum atomic E-state index is -4.35. The number of carbonyl (C=O) groups is 1. The molecular weight excluding hydrogens is 810 g/mol.